The number of hydrogen-bond acceptors (Lipinski definition) is 3. The van der Waals surface area contributed by atoms with Crippen molar-refractivity contribution in [2.45, 2.75) is 25.8 Å². The van der Waals surface area contributed by atoms with E-state index in [2.05, 4.69) is 41.5 Å². The minimum absolute atomic E-state index is 0.389. The van der Waals surface area contributed by atoms with E-state index in [1.807, 2.05) is 12.4 Å². The lowest BCUT2D eigenvalue weighted by atomic mass is 9.91. The summed E-state index contributed by atoms with van der Waals surface area (Å²) in [6, 6.07) is 9.00. The Bertz CT molecular complexity index is 558. The van der Waals surface area contributed by atoms with Crippen molar-refractivity contribution >= 4 is 10.8 Å². The van der Waals surface area contributed by atoms with Crippen LogP contribution in [0.4, 0.5) is 0 Å². The highest BCUT2D eigenvalue weighted by atomic mass is 16.5. The van der Waals surface area contributed by atoms with Crippen molar-refractivity contribution in [3.63, 3.8) is 0 Å². The second-order valence-electron chi connectivity index (χ2n) is 5.52. The molecule has 1 saturated heterocycles. The molecule has 1 aromatic carbocycles. The van der Waals surface area contributed by atoms with Gasteiger partial charge in [0.15, 0.2) is 0 Å². The van der Waals surface area contributed by atoms with Crippen LogP contribution >= 0.6 is 0 Å². The first kappa shape index (κ1) is 13.5. The molecule has 1 aliphatic rings. The quantitative estimate of drug-likeness (QED) is 0.905. The molecule has 20 heavy (non-hydrogen) atoms. The molecule has 0 bridgehead atoms. The lowest BCUT2D eigenvalue weighted by molar-refractivity contribution is 0.181. The monoisotopic (exact) mass is 270 g/mol. The molecule has 2 unspecified atom stereocenters. The number of ether oxygens (including phenoxy) is 1. The summed E-state index contributed by atoms with van der Waals surface area (Å²) in [5, 5.41) is 6.17. The summed E-state index contributed by atoms with van der Waals surface area (Å²) in [4.78, 5) is 4.30. The molecule has 3 nitrogen and oxygen atoms in total. The minimum Gasteiger partial charge on any atom is -0.381 e. The van der Waals surface area contributed by atoms with E-state index in [1.165, 1.54) is 22.8 Å². The molecule has 2 atom stereocenters. The Morgan fingerprint density at radius 2 is 2.35 bits per heavy atom. The van der Waals surface area contributed by atoms with E-state index in [4.69, 9.17) is 4.74 Å². The highest BCUT2D eigenvalue weighted by Crippen LogP contribution is 2.30. The molecule has 2 heterocycles. The molecular formula is C17H22N2O. The first-order chi connectivity index (χ1) is 9.88. The second-order valence-corrected chi connectivity index (χ2v) is 5.52. The minimum atomic E-state index is 0.389. The van der Waals surface area contributed by atoms with Gasteiger partial charge in [0.1, 0.15) is 0 Å². The lowest BCUT2D eigenvalue weighted by Crippen LogP contribution is -2.24. The Balaban J connectivity index is 1.91. The Kier molecular flexibility index (Phi) is 4.28. The van der Waals surface area contributed by atoms with Gasteiger partial charge in [0, 0.05) is 37.0 Å². The van der Waals surface area contributed by atoms with Gasteiger partial charge in [-0.15, -0.1) is 0 Å². The van der Waals surface area contributed by atoms with E-state index in [1.54, 1.807) is 0 Å². The number of nitrogens with zero attached hydrogens (tertiary/aromatic N) is 1. The van der Waals surface area contributed by atoms with E-state index < -0.39 is 0 Å². The van der Waals surface area contributed by atoms with Crippen LogP contribution in [-0.4, -0.2) is 24.7 Å². The van der Waals surface area contributed by atoms with Gasteiger partial charge in [-0.2, -0.15) is 0 Å². The van der Waals surface area contributed by atoms with Gasteiger partial charge in [-0.05, 0) is 42.3 Å². The number of aromatic nitrogens is 1. The van der Waals surface area contributed by atoms with Crippen molar-refractivity contribution in [3.05, 3.63) is 42.2 Å². The number of rotatable bonds is 5. The van der Waals surface area contributed by atoms with Crippen LogP contribution in [0.25, 0.3) is 10.8 Å². The zero-order chi connectivity index (χ0) is 13.8. The molecule has 0 radical (unpaired) electrons. The fourth-order valence-electron chi connectivity index (χ4n) is 3.11. The maximum atomic E-state index is 5.52. The smallest absolute Gasteiger partial charge is 0.0495 e. The number of fused-ring (bicyclic) bond motifs is 1. The van der Waals surface area contributed by atoms with Crippen LogP contribution in [0.5, 0.6) is 0 Å². The molecule has 0 amide bonds. The third kappa shape index (κ3) is 2.84. The molecule has 0 aliphatic carbocycles. The summed E-state index contributed by atoms with van der Waals surface area (Å²) >= 11 is 0. The predicted octanol–water partition coefficient (Wildman–Crippen LogP) is 3.31. The Morgan fingerprint density at radius 3 is 3.15 bits per heavy atom. The third-order valence-electron chi connectivity index (χ3n) is 4.14. The molecule has 3 rings (SSSR count). The third-order valence-corrected chi connectivity index (χ3v) is 4.14. The number of nitrogens with one attached hydrogen (secondary N) is 1. The highest BCUT2D eigenvalue weighted by Gasteiger charge is 2.22. The largest absolute Gasteiger partial charge is 0.381 e. The normalized spacial score (nSPS) is 20.4. The maximum Gasteiger partial charge on any atom is 0.0495 e. The van der Waals surface area contributed by atoms with Crippen LogP contribution in [-0.2, 0) is 4.74 Å². The molecule has 3 heteroatoms. The van der Waals surface area contributed by atoms with Gasteiger partial charge >= 0.3 is 0 Å². The summed E-state index contributed by atoms with van der Waals surface area (Å²) < 4.78 is 5.52. The van der Waals surface area contributed by atoms with Crippen LogP contribution in [0.15, 0.2) is 36.7 Å². The zero-order valence-corrected chi connectivity index (χ0v) is 12.0. The average Bonchev–Trinajstić information content (AvgIpc) is 2.99. The average molecular weight is 270 g/mol. The zero-order valence-electron chi connectivity index (χ0n) is 12.0. The Morgan fingerprint density at radius 1 is 1.40 bits per heavy atom. The summed E-state index contributed by atoms with van der Waals surface area (Å²) in [5.41, 5.74) is 1.37. The van der Waals surface area contributed by atoms with Gasteiger partial charge in [0.05, 0.1) is 0 Å². The van der Waals surface area contributed by atoms with Gasteiger partial charge in [-0.1, -0.05) is 25.1 Å². The summed E-state index contributed by atoms with van der Waals surface area (Å²) in [6.07, 6.45) is 6.17. The summed E-state index contributed by atoms with van der Waals surface area (Å²) in [6.45, 7) is 4.97. The summed E-state index contributed by atoms with van der Waals surface area (Å²) in [7, 11) is 0. The molecule has 0 spiro atoms. The molecular weight excluding hydrogens is 248 g/mol. The van der Waals surface area contributed by atoms with E-state index in [0.29, 0.717) is 12.0 Å². The standard InChI is InChI=1S/C17H22N2O/c1-2-19-17(10-13-7-9-20-12-13)15-5-3-4-14-6-8-18-11-16(14)15/h3-6,8,11,13,17,19H,2,7,9-10,12H2,1H3. The van der Waals surface area contributed by atoms with Crippen LogP contribution in [0.1, 0.15) is 31.4 Å². The van der Waals surface area contributed by atoms with E-state index in [9.17, 15) is 0 Å². The van der Waals surface area contributed by atoms with Crippen LogP contribution in [0.2, 0.25) is 0 Å². The molecule has 1 fully saturated rings. The number of hydrogen-bond donors (Lipinski definition) is 1. The van der Waals surface area contributed by atoms with E-state index in [-0.39, 0.29) is 0 Å². The van der Waals surface area contributed by atoms with Gasteiger partial charge in [0.25, 0.3) is 0 Å². The number of pyridine rings is 1. The molecule has 106 valence electrons. The number of benzene rings is 1. The van der Waals surface area contributed by atoms with E-state index >= 15 is 0 Å². The van der Waals surface area contributed by atoms with Crippen molar-refractivity contribution in [2.24, 2.45) is 5.92 Å². The Labute approximate surface area is 120 Å². The fraction of sp³-hybridized carbons (Fsp3) is 0.471. The molecule has 0 saturated carbocycles. The topological polar surface area (TPSA) is 34.1 Å². The van der Waals surface area contributed by atoms with Gasteiger partial charge in [-0.25, -0.2) is 0 Å². The van der Waals surface area contributed by atoms with E-state index in [0.717, 1.165) is 26.2 Å². The summed E-state index contributed by atoms with van der Waals surface area (Å²) in [5.74, 6) is 0.672. The lowest BCUT2D eigenvalue weighted by Gasteiger charge is -2.22. The van der Waals surface area contributed by atoms with Crippen molar-refractivity contribution in [2.75, 3.05) is 19.8 Å². The fourth-order valence-corrected chi connectivity index (χ4v) is 3.11. The van der Waals surface area contributed by atoms with Crippen LogP contribution in [0.3, 0.4) is 0 Å². The Hall–Kier alpha value is -1.45. The van der Waals surface area contributed by atoms with Gasteiger partial charge < -0.3 is 10.1 Å². The van der Waals surface area contributed by atoms with Crippen molar-refractivity contribution in [3.8, 4) is 0 Å². The van der Waals surface area contributed by atoms with Crippen molar-refractivity contribution in [1.82, 2.24) is 10.3 Å². The highest BCUT2D eigenvalue weighted by molar-refractivity contribution is 5.85. The first-order valence-corrected chi connectivity index (χ1v) is 7.52. The van der Waals surface area contributed by atoms with Gasteiger partial charge in [-0.3, -0.25) is 4.98 Å². The van der Waals surface area contributed by atoms with Crippen LogP contribution in [0, 0.1) is 5.92 Å². The van der Waals surface area contributed by atoms with Crippen molar-refractivity contribution in [1.29, 1.82) is 0 Å². The maximum absolute atomic E-state index is 5.52. The first-order valence-electron chi connectivity index (χ1n) is 7.52. The second kappa shape index (κ2) is 6.33. The predicted molar refractivity (Wildman–Crippen MR) is 81.7 cm³/mol. The molecule has 1 N–H and O–H groups in total. The molecule has 2 aromatic rings. The SMILES string of the molecule is CCNC(CC1CCOC1)c1cccc2ccncc12. The van der Waals surface area contributed by atoms with Gasteiger partial charge in [0.2, 0.25) is 0 Å². The molecule has 1 aliphatic heterocycles. The van der Waals surface area contributed by atoms with Crippen molar-refractivity contribution < 1.29 is 4.74 Å². The molecule has 1 aromatic heterocycles. The van der Waals surface area contributed by atoms with Crippen LogP contribution < -0.4 is 5.32 Å².